The second-order valence-electron chi connectivity index (χ2n) is 2.09. The molecule has 17 heavy (non-hydrogen) atoms. The van der Waals surface area contributed by atoms with Gasteiger partial charge in [0.25, 0.3) is 10.3 Å². The molecule has 0 saturated carbocycles. The van der Waals surface area contributed by atoms with Crippen LogP contribution in [0.1, 0.15) is 13.8 Å². The number of aliphatic hydroxyl groups excluding tert-OH is 2. The van der Waals surface area contributed by atoms with Crippen LogP contribution >= 0.6 is 32.2 Å². The van der Waals surface area contributed by atoms with E-state index in [1.807, 2.05) is 0 Å². The van der Waals surface area contributed by atoms with Gasteiger partial charge in [-0.1, -0.05) is 0 Å². The van der Waals surface area contributed by atoms with Crippen molar-refractivity contribution in [2.75, 3.05) is 13.2 Å². The Morgan fingerprint density at radius 2 is 1.59 bits per heavy atom. The van der Waals surface area contributed by atoms with Gasteiger partial charge in [0.1, 0.15) is 0 Å². The number of hydrogen-bond acceptors (Lipinski definition) is 5. The van der Waals surface area contributed by atoms with Crippen molar-refractivity contribution in [3.63, 3.8) is 0 Å². The molecular weight excluding hydrogens is 298 g/mol. The van der Waals surface area contributed by atoms with Gasteiger partial charge in [-0.2, -0.15) is 0 Å². The molecule has 0 heterocycles. The van der Waals surface area contributed by atoms with Gasteiger partial charge >= 0.3 is 37.3 Å². The van der Waals surface area contributed by atoms with E-state index in [1.54, 1.807) is 13.8 Å². The van der Waals surface area contributed by atoms with Crippen LogP contribution in [0, 0.1) is 0 Å². The van der Waals surface area contributed by atoms with Crippen LogP contribution in [0.4, 0.5) is 0 Å². The van der Waals surface area contributed by atoms with Crippen molar-refractivity contribution in [3.8, 4) is 0 Å². The zero-order valence-corrected chi connectivity index (χ0v) is 11.4. The van der Waals surface area contributed by atoms with Crippen molar-refractivity contribution >= 4 is 72.1 Å². The SMILES string of the molecule is CCOP(=O)(NC(O)=S)OCC.NC(O)=S.[NaH]. The van der Waals surface area contributed by atoms with Crippen LogP contribution in [-0.2, 0) is 13.6 Å². The van der Waals surface area contributed by atoms with Gasteiger partial charge in [0.05, 0.1) is 13.2 Å². The van der Waals surface area contributed by atoms with E-state index in [2.05, 4.69) is 35.3 Å². The third-order valence-corrected chi connectivity index (χ3v) is 2.77. The van der Waals surface area contributed by atoms with Crippen molar-refractivity contribution in [1.82, 2.24) is 5.09 Å². The molecule has 0 saturated heterocycles. The summed E-state index contributed by atoms with van der Waals surface area (Å²) < 4.78 is 20.9. The van der Waals surface area contributed by atoms with E-state index >= 15 is 0 Å². The monoisotopic (exact) mass is 314 g/mol. The first-order valence-corrected chi connectivity index (χ1v) is 6.52. The summed E-state index contributed by atoms with van der Waals surface area (Å²) in [4.78, 5) is 0. The molecule has 0 atom stereocenters. The maximum absolute atomic E-state index is 11.4. The molecule has 0 bridgehead atoms. The normalized spacial score (nSPS) is 9.29. The van der Waals surface area contributed by atoms with Crippen molar-refractivity contribution < 1.29 is 23.8 Å². The van der Waals surface area contributed by atoms with Crippen molar-refractivity contribution in [2.24, 2.45) is 5.73 Å². The molecule has 0 aliphatic heterocycles. The molecule has 0 unspecified atom stereocenters. The molecule has 0 aromatic carbocycles. The second kappa shape index (κ2) is 13.0. The van der Waals surface area contributed by atoms with Crippen LogP contribution in [0.25, 0.3) is 0 Å². The van der Waals surface area contributed by atoms with Crippen LogP contribution in [0.3, 0.4) is 0 Å². The molecule has 0 radical (unpaired) electrons. The molecule has 0 aromatic heterocycles. The molecule has 7 nitrogen and oxygen atoms in total. The van der Waals surface area contributed by atoms with Crippen molar-refractivity contribution in [2.45, 2.75) is 13.8 Å². The van der Waals surface area contributed by atoms with Crippen LogP contribution in [-0.4, -0.2) is 63.3 Å². The summed E-state index contributed by atoms with van der Waals surface area (Å²) in [6, 6.07) is 0. The number of nitrogens with one attached hydrogen (secondary N) is 1. The van der Waals surface area contributed by atoms with Crippen molar-refractivity contribution in [3.05, 3.63) is 0 Å². The van der Waals surface area contributed by atoms with Gasteiger partial charge in [0.15, 0.2) is 0 Å². The zero-order chi connectivity index (χ0) is 13.2. The molecule has 0 spiro atoms. The number of rotatable bonds is 5. The van der Waals surface area contributed by atoms with Crippen LogP contribution in [0.15, 0.2) is 0 Å². The van der Waals surface area contributed by atoms with E-state index in [-0.39, 0.29) is 42.8 Å². The second-order valence-corrected chi connectivity index (χ2v) is 4.63. The molecule has 0 aromatic rings. The first kappa shape index (κ1) is 22.7. The predicted molar refractivity (Wildman–Crippen MR) is 75.8 cm³/mol. The van der Waals surface area contributed by atoms with E-state index in [0.29, 0.717) is 0 Å². The van der Waals surface area contributed by atoms with Gasteiger partial charge in [0, 0.05) is 0 Å². The van der Waals surface area contributed by atoms with E-state index in [4.69, 9.17) is 19.3 Å². The summed E-state index contributed by atoms with van der Waals surface area (Å²) in [6.07, 6.45) is 0. The molecule has 0 aliphatic carbocycles. The average Bonchev–Trinajstić information content (AvgIpc) is 2.00. The van der Waals surface area contributed by atoms with Crippen LogP contribution in [0.5, 0.6) is 0 Å². The molecule has 0 aliphatic rings. The van der Waals surface area contributed by atoms with E-state index < -0.39 is 18.1 Å². The Hall–Kier alpha value is 0.530. The summed E-state index contributed by atoms with van der Waals surface area (Å²) in [5, 5.41) is 17.2. The number of thiocarbonyl (C=S) groups is 2. The zero-order valence-electron chi connectivity index (χ0n) is 8.87. The summed E-state index contributed by atoms with van der Waals surface area (Å²) in [5.74, 6) is 0. The predicted octanol–water partition coefficient (Wildman–Crippen LogP) is 0.740. The Kier molecular flexibility index (Phi) is 17.3. The molecule has 0 rings (SSSR count). The van der Waals surface area contributed by atoms with Crippen molar-refractivity contribution in [1.29, 1.82) is 0 Å². The summed E-state index contributed by atoms with van der Waals surface area (Å²) in [7, 11) is -3.42. The Balaban J connectivity index is -0.000000340. The first-order valence-electron chi connectivity index (χ1n) is 4.16. The molecule has 0 fully saturated rings. The molecule has 5 N–H and O–H groups in total. The van der Waals surface area contributed by atoms with Gasteiger partial charge in [0.2, 0.25) is 0 Å². The van der Waals surface area contributed by atoms with Gasteiger partial charge in [-0.15, -0.1) is 0 Å². The Morgan fingerprint density at radius 3 is 1.76 bits per heavy atom. The average molecular weight is 314 g/mol. The Bertz CT molecular complexity index is 267. The van der Waals surface area contributed by atoms with Gasteiger partial charge in [-0.25, -0.2) is 4.57 Å². The number of aliphatic hydroxyl groups is 2. The van der Waals surface area contributed by atoms with Crippen LogP contribution in [0.2, 0.25) is 0 Å². The minimum atomic E-state index is -3.42. The number of hydrogen-bond donors (Lipinski definition) is 4. The van der Waals surface area contributed by atoms with Gasteiger partial charge in [-0.05, 0) is 38.3 Å². The third kappa shape index (κ3) is 19.1. The maximum atomic E-state index is 11.4. The topological polar surface area (TPSA) is 114 Å². The van der Waals surface area contributed by atoms with Gasteiger partial charge in [-0.3, -0.25) is 14.1 Å². The van der Waals surface area contributed by atoms with E-state index in [1.165, 1.54) is 0 Å². The Labute approximate surface area is 133 Å². The number of nitrogens with two attached hydrogens (primary N) is 1. The quantitative estimate of drug-likeness (QED) is 0.331. The first-order chi connectivity index (χ1) is 7.27. The minimum absolute atomic E-state index is 0. The Morgan fingerprint density at radius 1 is 1.29 bits per heavy atom. The third-order valence-electron chi connectivity index (χ3n) is 0.831. The molecular formula is C6H16N2NaO5PS2. The fourth-order valence-corrected chi connectivity index (χ4v) is 2.01. The molecule has 0 amide bonds. The fourth-order valence-electron chi connectivity index (χ4n) is 0.559. The summed E-state index contributed by atoms with van der Waals surface area (Å²) >= 11 is 8.15. The fraction of sp³-hybridized carbons (Fsp3) is 0.667. The molecule has 98 valence electrons. The van der Waals surface area contributed by atoms with Crippen LogP contribution < -0.4 is 10.8 Å². The van der Waals surface area contributed by atoms with Gasteiger partial charge < -0.3 is 15.9 Å². The summed E-state index contributed by atoms with van der Waals surface area (Å²) in [6.45, 7) is 3.75. The standard InChI is InChI=1S/C5H12NO4PS.CH3NOS.Na.H/c1-3-9-11(8,10-4-2)6-5(7)12;2-1(3)4;;/h3-4H2,1-2H3,(H2,6,7,8,12);(H3,2,3,4);;. The summed E-state index contributed by atoms with van der Waals surface area (Å²) in [5.41, 5.74) is 4.40. The van der Waals surface area contributed by atoms with E-state index in [0.717, 1.165) is 0 Å². The van der Waals surface area contributed by atoms with E-state index in [9.17, 15) is 4.57 Å². The molecule has 11 heteroatoms.